The van der Waals surface area contributed by atoms with Gasteiger partial charge in [0.1, 0.15) is 11.5 Å². The third-order valence-electron chi connectivity index (χ3n) is 4.42. The van der Waals surface area contributed by atoms with Gasteiger partial charge < -0.3 is 19.7 Å². The van der Waals surface area contributed by atoms with Crippen LogP contribution in [0, 0.1) is 0 Å². The second kappa shape index (κ2) is 9.04. The minimum atomic E-state index is -0.224. The Morgan fingerprint density at radius 3 is 2.55 bits per heavy atom. The summed E-state index contributed by atoms with van der Waals surface area (Å²) in [5, 5.41) is 16.2. The van der Waals surface area contributed by atoms with E-state index in [9.17, 15) is 9.90 Å². The van der Waals surface area contributed by atoms with Crippen LogP contribution in [-0.4, -0.2) is 38.2 Å². The van der Waals surface area contributed by atoms with Gasteiger partial charge in [-0.1, -0.05) is 17.3 Å². The first-order chi connectivity index (χ1) is 15.1. The molecule has 0 spiro atoms. The van der Waals surface area contributed by atoms with Crippen molar-refractivity contribution in [2.75, 3.05) is 12.4 Å². The molecule has 2 heterocycles. The Kier molecular flexibility index (Phi) is 5.84. The third kappa shape index (κ3) is 5.02. The highest BCUT2D eigenvalue weighted by molar-refractivity contribution is 5.90. The van der Waals surface area contributed by atoms with Gasteiger partial charge in [-0.3, -0.25) is 4.79 Å². The molecule has 9 heteroatoms. The summed E-state index contributed by atoms with van der Waals surface area (Å²) in [6.07, 6.45) is 3.49. The fraction of sp³-hybridized carbons (Fsp3) is 0.136. The molecule has 156 valence electrons. The van der Waals surface area contributed by atoms with Gasteiger partial charge in [-0.25, -0.2) is 9.97 Å². The summed E-state index contributed by atoms with van der Waals surface area (Å²) >= 11 is 0. The molecule has 4 aromatic rings. The van der Waals surface area contributed by atoms with Crippen molar-refractivity contribution in [3.63, 3.8) is 0 Å². The zero-order chi connectivity index (χ0) is 21.6. The Bertz CT molecular complexity index is 1170. The van der Waals surface area contributed by atoms with Crippen molar-refractivity contribution < 1.29 is 19.2 Å². The minimum absolute atomic E-state index is 0.134. The Morgan fingerprint density at radius 1 is 1.06 bits per heavy atom. The van der Waals surface area contributed by atoms with Gasteiger partial charge >= 0.3 is 0 Å². The SMILES string of the molecule is COc1ccc(-c2noc(CCC(=O)Nc3cnc(-c4cccc(O)c4)nc3)n2)cc1. The second-order valence-corrected chi connectivity index (χ2v) is 6.63. The molecule has 2 aromatic carbocycles. The first-order valence-corrected chi connectivity index (χ1v) is 9.49. The van der Waals surface area contributed by atoms with Crippen molar-refractivity contribution in [3.8, 4) is 34.3 Å². The van der Waals surface area contributed by atoms with Crippen LogP contribution in [0.2, 0.25) is 0 Å². The maximum atomic E-state index is 12.2. The van der Waals surface area contributed by atoms with Crippen LogP contribution in [-0.2, 0) is 11.2 Å². The lowest BCUT2D eigenvalue weighted by Crippen LogP contribution is -2.13. The van der Waals surface area contributed by atoms with Crippen molar-refractivity contribution in [3.05, 3.63) is 66.8 Å². The van der Waals surface area contributed by atoms with Gasteiger partial charge in [-0.15, -0.1) is 0 Å². The average Bonchev–Trinajstić information content (AvgIpc) is 3.27. The van der Waals surface area contributed by atoms with Crippen molar-refractivity contribution in [1.82, 2.24) is 20.1 Å². The van der Waals surface area contributed by atoms with E-state index in [2.05, 4.69) is 25.4 Å². The lowest BCUT2D eigenvalue weighted by molar-refractivity contribution is -0.116. The van der Waals surface area contributed by atoms with Crippen LogP contribution >= 0.6 is 0 Å². The Labute approximate surface area is 177 Å². The number of methoxy groups -OCH3 is 1. The predicted molar refractivity (Wildman–Crippen MR) is 112 cm³/mol. The summed E-state index contributed by atoms with van der Waals surface area (Å²) < 4.78 is 10.4. The Hall–Kier alpha value is -4.27. The third-order valence-corrected chi connectivity index (χ3v) is 4.42. The lowest BCUT2D eigenvalue weighted by atomic mass is 10.2. The van der Waals surface area contributed by atoms with Crippen LogP contribution in [0.1, 0.15) is 12.3 Å². The molecule has 0 atom stereocenters. The van der Waals surface area contributed by atoms with Crippen LogP contribution in [0.5, 0.6) is 11.5 Å². The molecule has 0 aliphatic carbocycles. The van der Waals surface area contributed by atoms with E-state index in [0.29, 0.717) is 35.2 Å². The number of phenolic OH excluding ortho intramolecular Hbond substituents is 1. The summed E-state index contributed by atoms with van der Waals surface area (Å²) in [6, 6.07) is 13.9. The number of anilines is 1. The zero-order valence-electron chi connectivity index (χ0n) is 16.6. The number of aromatic hydroxyl groups is 1. The topological polar surface area (TPSA) is 123 Å². The van der Waals surface area contributed by atoms with E-state index in [1.807, 2.05) is 24.3 Å². The van der Waals surface area contributed by atoms with Gasteiger partial charge in [0, 0.05) is 24.0 Å². The quantitative estimate of drug-likeness (QED) is 0.468. The highest BCUT2D eigenvalue weighted by Gasteiger charge is 2.12. The molecule has 0 unspecified atom stereocenters. The number of nitrogens with one attached hydrogen (secondary N) is 1. The minimum Gasteiger partial charge on any atom is -0.508 e. The molecule has 31 heavy (non-hydrogen) atoms. The highest BCUT2D eigenvalue weighted by atomic mass is 16.5. The summed E-state index contributed by atoms with van der Waals surface area (Å²) in [4.78, 5) is 25.0. The Balaban J connectivity index is 1.31. The van der Waals surface area contributed by atoms with Gasteiger partial charge in [-0.05, 0) is 36.4 Å². The number of hydrogen-bond acceptors (Lipinski definition) is 8. The van der Waals surface area contributed by atoms with Gasteiger partial charge in [0.15, 0.2) is 5.82 Å². The molecule has 0 bridgehead atoms. The van der Waals surface area contributed by atoms with Crippen molar-refractivity contribution in [2.24, 2.45) is 0 Å². The number of carbonyl (C=O) groups is 1. The molecule has 0 saturated carbocycles. The molecule has 0 aliphatic rings. The van der Waals surface area contributed by atoms with Gasteiger partial charge in [0.25, 0.3) is 0 Å². The van der Waals surface area contributed by atoms with Crippen LogP contribution in [0.3, 0.4) is 0 Å². The molecule has 0 radical (unpaired) electrons. The number of benzene rings is 2. The molecular formula is C22H19N5O4. The number of aryl methyl sites for hydroxylation is 1. The summed E-state index contributed by atoms with van der Waals surface area (Å²) in [7, 11) is 1.60. The van der Waals surface area contributed by atoms with E-state index in [-0.39, 0.29) is 18.1 Å². The first-order valence-electron chi connectivity index (χ1n) is 9.49. The van der Waals surface area contributed by atoms with Crippen LogP contribution in [0.15, 0.2) is 65.4 Å². The maximum Gasteiger partial charge on any atom is 0.227 e. The first kappa shape index (κ1) is 20.0. The molecule has 2 N–H and O–H groups in total. The number of ether oxygens (including phenoxy) is 1. The van der Waals surface area contributed by atoms with E-state index in [1.165, 1.54) is 12.4 Å². The second-order valence-electron chi connectivity index (χ2n) is 6.63. The van der Waals surface area contributed by atoms with Crippen molar-refractivity contribution in [1.29, 1.82) is 0 Å². The molecule has 4 rings (SSSR count). The molecule has 0 fully saturated rings. The smallest absolute Gasteiger partial charge is 0.227 e. The number of carbonyl (C=O) groups excluding carboxylic acids is 1. The van der Waals surface area contributed by atoms with E-state index >= 15 is 0 Å². The van der Waals surface area contributed by atoms with Crippen LogP contribution < -0.4 is 10.1 Å². The van der Waals surface area contributed by atoms with Crippen molar-refractivity contribution in [2.45, 2.75) is 12.8 Å². The normalized spacial score (nSPS) is 10.6. The number of nitrogens with zero attached hydrogens (tertiary/aromatic N) is 4. The van der Waals surface area contributed by atoms with E-state index in [4.69, 9.17) is 9.26 Å². The fourth-order valence-electron chi connectivity index (χ4n) is 2.84. The van der Waals surface area contributed by atoms with Crippen LogP contribution in [0.25, 0.3) is 22.8 Å². The van der Waals surface area contributed by atoms with Gasteiger partial charge in [0.05, 0.1) is 25.2 Å². The number of rotatable bonds is 7. The zero-order valence-corrected chi connectivity index (χ0v) is 16.6. The predicted octanol–water partition coefficient (Wildman–Crippen LogP) is 3.48. The molecule has 9 nitrogen and oxygen atoms in total. The van der Waals surface area contributed by atoms with Crippen molar-refractivity contribution >= 4 is 11.6 Å². The van der Waals surface area contributed by atoms with Gasteiger partial charge in [0.2, 0.25) is 17.6 Å². The Morgan fingerprint density at radius 2 is 1.84 bits per heavy atom. The number of phenols is 1. The molecule has 2 aromatic heterocycles. The number of hydrogen-bond donors (Lipinski definition) is 2. The summed E-state index contributed by atoms with van der Waals surface area (Å²) in [5.41, 5.74) is 1.95. The highest BCUT2D eigenvalue weighted by Crippen LogP contribution is 2.21. The maximum absolute atomic E-state index is 12.2. The number of aromatic nitrogens is 4. The summed E-state index contributed by atoms with van der Waals surface area (Å²) in [6.45, 7) is 0. The summed E-state index contributed by atoms with van der Waals surface area (Å²) in [5.74, 6) is 1.92. The monoisotopic (exact) mass is 417 g/mol. The molecule has 1 amide bonds. The van der Waals surface area contributed by atoms with Crippen LogP contribution in [0.4, 0.5) is 5.69 Å². The molecule has 0 saturated heterocycles. The average molecular weight is 417 g/mol. The standard InChI is InChI=1S/C22H19N5O4/c1-30-18-7-5-14(6-8-18)22-26-20(31-27-22)10-9-19(29)25-16-12-23-21(24-13-16)15-3-2-4-17(28)11-15/h2-8,11-13,28H,9-10H2,1H3,(H,25,29). The van der Waals surface area contributed by atoms with E-state index < -0.39 is 0 Å². The molecular weight excluding hydrogens is 398 g/mol. The molecule has 0 aliphatic heterocycles. The lowest BCUT2D eigenvalue weighted by Gasteiger charge is -2.05. The largest absolute Gasteiger partial charge is 0.508 e. The van der Waals surface area contributed by atoms with Gasteiger partial charge in [-0.2, -0.15) is 4.98 Å². The number of amides is 1. The fourth-order valence-corrected chi connectivity index (χ4v) is 2.84. The van der Waals surface area contributed by atoms with E-state index in [1.54, 1.807) is 31.4 Å². The van der Waals surface area contributed by atoms with E-state index in [0.717, 1.165) is 11.3 Å².